The van der Waals surface area contributed by atoms with Crippen molar-refractivity contribution < 1.29 is 4.79 Å². The summed E-state index contributed by atoms with van der Waals surface area (Å²) < 4.78 is 0. The lowest BCUT2D eigenvalue weighted by atomic mass is 10.1. The summed E-state index contributed by atoms with van der Waals surface area (Å²) in [5.74, 6) is 5.41. The maximum Gasteiger partial charge on any atom is 0.256 e. The molecule has 110 valence electrons. The summed E-state index contributed by atoms with van der Waals surface area (Å²) in [7, 11) is 0. The molecule has 3 N–H and O–H groups in total. The second kappa shape index (κ2) is 6.85. The summed E-state index contributed by atoms with van der Waals surface area (Å²) in [6, 6.07) is 13.0. The summed E-state index contributed by atoms with van der Waals surface area (Å²) >= 11 is 0. The number of hydrogen-bond acceptors (Lipinski definition) is 4. The average molecular weight is 284 g/mol. The van der Waals surface area contributed by atoms with Crippen LogP contribution in [0.25, 0.3) is 0 Å². The first-order valence-electron chi connectivity index (χ1n) is 6.93. The van der Waals surface area contributed by atoms with Crippen molar-refractivity contribution in [2.24, 2.45) is 5.84 Å². The molecule has 0 fully saturated rings. The number of pyridine rings is 1. The van der Waals surface area contributed by atoms with Gasteiger partial charge in [-0.05, 0) is 38.1 Å². The SMILES string of the molecule is CCN(Cc1cccc(C)n1)C(=O)c1ccccc1NN. The highest BCUT2D eigenvalue weighted by Gasteiger charge is 2.17. The van der Waals surface area contributed by atoms with Gasteiger partial charge >= 0.3 is 0 Å². The predicted octanol–water partition coefficient (Wildman–Crippen LogP) is 2.34. The molecule has 2 rings (SSSR count). The quantitative estimate of drug-likeness (QED) is 0.653. The number of nitrogen functional groups attached to an aromatic ring is 1. The molecular formula is C16H20N4O. The van der Waals surface area contributed by atoms with Crippen LogP contribution in [0, 0.1) is 6.92 Å². The van der Waals surface area contributed by atoms with E-state index in [0.29, 0.717) is 24.3 Å². The molecule has 0 saturated heterocycles. The van der Waals surface area contributed by atoms with Gasteiger partial charge in [0.25, 0.3) is 5.91 Å². The Hall–Kier alpha value is -2.40. The van der Waals surface area contributed by atoms with Gasteiger partial charge in [-0.2, -0.15) is 0 Å². The number of amides is 1. The van der Waals surface area contributed by atoms with Gasteiger partial charge in [-0.25, -0.2) is 0 Å². The maximum absolute atomic E-state index is 12.6. The lowest BCUT2D eigenvalue weighted by Crippen LogP contribution is -2.31. The molecule has 1 aromatic heterocycles. The second-order valence-electron chi connectivity index (χ2n) is 4.78. The number of nitrogens with one attached hydrogen (secondary N) is 1. The molecule has 1 heterocycles. The predicted molar refractivity (Wildman–Crippen MR) is 83.6 cm³/mol. The van der Waals surface area contributed by atoms with Crippen LogP contribution in [-0.4, -0.2) is 22.3 Å². The zero-order valence-corrected chi connectivity index (χ0v) is 12.3. The highest BCUT2D eigenvalue weighted by atomic mass is 16.2. The normalized spacial score (nSPS) is 10.2. The Morgan fingerprint density at radius 2 is 2.00 bits per heavy atom. The van der Waals surface area contributed by atoms with E-state index in [0.717, 1.165) is 11.4 Å². The highest BCUT2D eigenvalue weighted by Crippen LogP contribution is 2.17. The monoisotopic (exact) mass is 284 g/mol. The van der Waals surface area contributed by atoms with Gasteiger partial charge in [0.2, 0.25) is 0 Å². The number of nitrogens with two attached hydrogens (primary N) is 1. The third-order valence-corrected chi connectivity index (χ3v) is 3.28. The number of carbonyl (C=O) groups excluding carboxylic acids is 1. The Balaban J connectivity index is 2.22. The van der Waals surface area contributed by atoms with Crippen molar-refractivity contribution in [3.8, 4) is 0 Å². The Morgan fingerprint density at radius 1 is 1.24 bits per heavy atom. The van der Waals surface area contributed by atoms with Gasteiger partial charge < -0.3 is 10.3 Å². The number of benzene rings is 1. The molecule has 2 aromatic rings. The molecule has 5 heteroatoms. The van der Waals surface area contributed by atoms with Crippen molar-refractivity contribution in [2.45, 2.75) is 20.4 Å². The van der Waals surface area contributed by atoms with Gasteiger partial charge in [-0.15, -0.1) is 0 Å². The molecule has 21 heavy (non-hydrogen) atoms. The molecule has 0 aliphatic carbocycles. The van der Waals surface area contributed by atoms with Crippen LogP contribution in [0.5, 0.6) is 0 Å². The van der Waals surface area contributed by atoms with E-state index >= 15 is 0 Å². The largest absolute Gasteiger partial charge is 0.333 e. The van der Waals surface area contributed by atoms with Gasteiger partial charge in [-0.1, -0.05) is 18.2 Å². The number of aryl methyl sites for hydroxylation is 1. The van der Waals surface area contributed by atoms with Crippen LogP contribution in [0.4, 0.5) is 5.69 Å². The molecular weight excluding hydrogens is 264 g/mol. The van der Waals surface area contributed by atoms with E-state index in [1.165, 1.54) is 0 Å². The van der Waals surface area contributed by atoms with Gasteiger partial charge in [0.05, 0.1) is 23.5 Å². The van der Waals surface area contributed by atoms with Gasteiger partial charge in [0.15, 0.2) is 0 Å². The van der Waals surface area contributed by atoms with E-state index in [-0.39, 0.29) is 5.91 Å². The smallest absolute Gasteiger partial charge is 0.256 e. The average Bonchev–Trinajstić information content (AvgIpc) is 2.52. The first-order valence-corrected chi connectivity index (χ1v) is 6.93. The highest BCUT2D eigenvalue weighted by molar-refractivity contribution is 5.99. The summed E-state index contributed by atoms with van der Waals surface area (Å²) in [6.07, 6.45) is 0. The molecule has 0 aliphatic heterocycles. The lowest BCUT2D eigenvalue weighted by Gasteiger charge is -2.22. The topological polar surface area (TPSA) is 71.2 Å². The summed E-state index contributed by atoms with van der Waals surface area (Å²) in [4.78, 5) is 18.8. The van der Waals surface area contributed by atoms with Crippen LogP contribution >= 0.6 is 0 Å². The molecule has 0 unspecified atom stereocenters. The van der Waals surface area contributed by atoms with Crippen LogP contribution in [0.15, 0.2) is 42.5 Å². The minimum atomic E-state index is -0.0608. The molecule has 1 aromatic carbocycles. The summed E-state index contributed by atoms with van der Waals surface area (Å²) in [6.45, 7) is 4.98. The van der Waals surface area contributed by atoms with E-state index in [2.05, 4.69) is 10.4 Å². The van der Waals surface area contributed by atoms with E-state index in [9.17, 15) is 4.79 Å². The van der Waals surface area contributed by atoms with Gasteiger partial charge in [0.1, 0.15) is 0 Å². The second-order valence-corrected chi connectivity index (χ2v) is 4.78. The molecule has 0 aliphatic rings. The fourth-order valence-corrected chi connectivity index (χ4v) is 2.18. The van der Waals surface area contributed by atoms with E-state index < -0.39 is 0 Å². The van der Waals surface area contributed by atoms with Gasteiger partial charge in [-0.3, -0.25) is 15.6 Å². The molecule has 5 nitrogen and oxygen atoms in total. The Kier molecular flexibility index (Phi) is 4.90. The fraction of sp³-hybridized carbons (Fsp3) is 0.250. The molecule has 1 amide bonds. The number of carbonyl (C=O) groups is 1. The van der Waals surface area contributed by atoms with Crippen LogP contribution in [0.1, 0.15) is 28.7 Å². The molecule has 0 radical (unpaired) electrons. The van der Waals surface area contributed by atoms with Crippen molar-refractivity contribution >= 4 is 11.6 Å². The Morgan fingerprint density at radius 3 is 2.67 bits per heavy atom. The van der Waals surface area contributed by atoms with Crippen molar-refractivity contribution in [1.29, 1.82) is 0 Å². The number of anilines is 1. The summed E-state index contributed by atoms with van der Waals surface area (Å²) in [5, 5.41) is 0. The Labute approximate surface area is 124 Å². The van der Waals surface area contributed by atoms with E-state index in [1.54, 1.807) is 17.0 Å². The lowest BCUT2D eigenvalue weighted by molar-refractivity contribution is 0.0751. The Bertz CT molecular complexity index is 627. The zero-order valence-electron chi connectivity index (χ0n) is 12.3. The standard InChI is InChI=1S/C16H20N4O/c1-3-20(11-13-8-6-7-12(2)18-13)16(21)14-9-4-5-10-15(14)19-17/h4-10,19H,3,11,17H2,1-2H3. The van der Waals surface area contributed by atoms with Crippen molar-refractivity contribution in [2.75, 3.05) is 12.0 Å². The van der Waals surface area contributed by atoms with Crippen LogP contribution in [0.3, 0.4) is 0 Å². The molecule has 0 saturated carbocycles. The number of rotatable bonds is 5. The first-order chi connectivity index (χ1) is 10.2. The number of hydrogen-bond donors (Lipinski definition) is 2. The summed E-state index contributed by atoms with van der Waals surface area (Å²) in [5.41, 5.74) is 5.58. The van der Waals surface area contributed by atoms with Crippen molar-refractivity contribution in [3.63, 3.8) is 0 Å². The third-order valence-electron chi connectivity index (χ3n) is 3.28. The maximum atomic E-state index is 12.6. The number of aromatic nitrogens is 1. The first kappa shape index (κ1) is 15.0. The minimum absolute atomic E-state index is 0.0608. The van der Waals surface area contributed by atoms with Crippen molar-refractivity contribution in [1.82, 2.24) is 9.88 Å². The minimum Gasteiger partial charge on any atom is -0.333 e. The molecule has 0 atom stereocenters. The fourth-order valence-electron chi connectivity index (χ4n) is 2.18. The van der Waals surface area contributed by atoms with Gasteiger partial charge in [0, 0.05) is 12.2 Å². The number of nitrogens with zero attached hydrogens (tertiary/aromatic N) is 2. The van der Waals surface area contributed by atoms with E-state index in [4.69, 9.17) is 5.84 Å². The number of para-hydroxylation sites is 1. The van der Waals surface area contributed by atoms with Crippen LogP contribution in [0.2, 0.25) is 0 Å². The molecule has 0 spiro atoms. The number of hydrazine groups is 1. The zero-order chi connectivity index (χ0) is 15.2. The van der Waals surface area contributed by atoms with E-state index in [1.807, 2.05) is 44.2 Å². The third kappa shape index (κ3) is 3.58. The van der Waals surface area contributed by atoms with Crippen LogP contribution in [-0.2, 0) is 6.54 Å². The van der Waals surface area contributed by atoms with Crippen molar-refractivity contribution in [3.05, 3.63) is 59.4 Å². The molecule has 0 bridgehead atoms. The van der Waals surface area contributed by atoms with Crippen LogP contribution < -0.4 is 11.3 Å².